The molecule has 0 unspecified atom stereocenters. The summed E-state index contributed by atoms with van der Waals surface area (Å²) in [5.74, 6) is 0. The molecule has 0 amide bonds. The van der Waals surface area contributed by atoms with Crippen LogP contribution in [0.15, 0.2) is 64.4 Å². The summed E-state index contributed by atoms with van der Waals surface area (Å²) in [7, 11) is -5.78. The van der Waals surface area contributed by atoms with Crippen molar-refractivity contribution in [2.45, 2.75) is 42.0 Å². The van der Waals surface area contributed by atoms with E-state index in [0.717, 1.165) is 31.2 Å². The second-order valence-electron chi connectivity index (χ2n) is 7.04. The van der Waals surface area contributed by atoms with E-state index in [1.807, 2.05) is 30.3 Å². The molecule has 1 aliphatic heterocycles. The summed E-state index contributed by atoms with van der Waals surface area (Å²) in [6.07, 6.45) is 3.79. The molecule has 1 fully saturated rings. The fourth-order valence-electron chi connectivity index (χ4n) is 3.32. The van der Waals surface area contributed by atoms with Crippen LogP contribution in [0.1, 0.15) is 31.2 Å². The summed E-state index contributed by atoms with van der Waals surface area (Å²) in [6, 6.07) is 14.9. The average Bonchev–Trinajstić information content (AvgIpc) is 2.99. The predicted octanol–water partition coefficient (Wildman–Crippen LogP) is 3.07. The Morgan fingerprint density at radius 3 is 1.89 bits per heavy atom. The first-order valence-electron chi connectivity index (χ1n) is 9.42. The zero-order chi connectivity index (χ0) is 20.2. The van der Waals surface area contributed by atoms with Crippen LogP contribution in [-0.4, -0.2) is 45.6 Å². The molecule has 2 aromatic carbocycles. The van der Waals surface area contributed by atoms with Gasteiger partial charge in [0, 0.05) is 26.7 Å². The van der Waals surface area contributed by atoms with Crippen LogP contribution in [0.2, 0.25) is 0 Å². The fraction of sp³-hybridized carbons (Fsp3) is 0.400. The summed E-state index contributed by atoms with van der Waals surface area (Å²) >= 11 is 0. The van der Waals surface area contributed by atoms with Gasteiger partial charge in [-0.1, -0.05) is 43.2 Å². The van der Waals surface area contributed by atoms with Crippen molar-refractivity contribution < 1.29 is 16.8 Å². The highest BCUT2D eigenvalue weighted by Gasteiger charge is 2.26. The molecule has 0 N–H and O–H groups in total. The molecule has 8 heteroatoms. The third-order valence-electron chi connectivity index (χ3n) is 4.98. The van der Waals surface area contributed by atoms with Crippen LogP contribution in [-0.2, 0) is 26.6 Å². The second kappa shape index (κ2) is 8.73. The largest absolute Gasteiger partial charge is 0.243 e. The Labute approximate surface area is 167 Å². The molecular formula is C20H26N2O4S2. The van der Waals surface area contributed by atoms with Crippen molar-refractivity contribution in [3.63, 3.8) is 0 Å². The van der Waals surface area contributed by atoms with E-state index in [1.165, 1.54) is 39.9 Å². The highest BCUT2D eigenvalue weighted by atomic mass is 32.2. The van der Waals surface area contributed by atoms with E-state index in [2.05, 4.69) is 0 Å². The van der Waals surface area contributed by atoms with Gasteiger partial charge in [0.2, 0.25) is 20.0 Å². The highest BCUT2D eigenvalue weighted by molar-refractivity contribution is 7.89. The van der Waals surface area contributed by atoms with Crippen molar-refractivity contribution >= 4 is 20.0 Å². The van der Waals surface area contributed by atoms with Gasteiger partial charge in [-0.3, -0.25) is 0 Å². The Bertz CT molecular complexity index is 980. The molecule has 152 valence electrons. The quantitative estimate of drug-likeness (QED) is 0.717. The van der Waals surface area contributed by atoms with E-state index in [1.54, 1.807) is 0 Å². The lowest BCUT2D eigenvalue weighted by atomic mass is 10.2. The number of hydrogen-bond acceptors (Lipinski definition) is 4. The van der Waals surface area contributed by atoms with E-state index in [-0.39, 0.29) is 16.3 Å². The Balaban J connectivity index is 1.79. The molecule has 2 aromatic rings. The normalized spacial score (nSPS) is 16.8. The van der Waals surface area contributed by atoms with Crippen LogP contribution in [0.25, 0.3) is 0 Å². The SMILES string of the molecule is CN(Cc1ccccc1)S(=O)(=O)c1ccc(S(=O)(=O)N2CCCCCC2)cc1. The van der Waals surface area contributed by atoms with E-state index in [9.17, 15) is 16.8 Å². The number of hydrogen-bond donors (Lipinski definition) is 0. The molecule has 6 nitrogen and oxygen atoms in total. The molecule has 0 aromatic heterocycles. The first-order valence-corrected chi connectivity index (χ1v) is 12.3. The molecule has 1 saturated heterocycles. The minimum Gasteiger partial charge on any atom is -0.207 e. The maximum absolute atomic E-state index is 12.8. The third-order valence-corrected chi connectivity index (χ3v) is 8.71. The number of rotatable bonds is 6. The van der Waals surface area contributed by atoms with E-state index in [0.29, 0.717) is 13.1 Å². The third kappa shape index (κ3) is 4.63. The van der Waals surface area contributed by atoms with Gasteiger partial charge in [-0.05, 0) is 42.7 Å². The molecule has 1 aliphatic rings. The van der Waals surface area contributed by atoms with E-state index >= 15 is 0 Å². The van der Waals surface area contributed by atoms with Crippen molar-refractivity contribution in [2.75, 3.05) is 20.1 Å². The Morgan fingerprint density at radius 1 is 0.786 bits per heavy atom. The molecule has 0 spiro atoms. The molecule has 0 aliphatic carbocycles. The molecule has 0 saturated carbocycles. The number of benzene rings is 2. The first-order chi connectivity index (χ1) is 13.3. The van der Waals surface area contributed by atoms with E-state index in [4.69, 9.17) is 0 Å². The van der Waals surface area contributed by atoms with Gasteiger partial charge < -0.3 is 0 Å². The summed E-state index contributed by atoms with van der Waals surface area (Å²) in [6.45, 7) is 1.28. The summed E-state index contributed by atoms with van der Waals surface area (Å²) in [5, 5.41) is 0. The summed E-state index contributed by atoms with van der Waals surface area (Å²) in [4.78, 5) is 0.222. The molecule has 28 heavy (non-hydrogen) atoms. The molecule has 0 bridgehead atoms. The van der Waals surface area contributed by atoms with Gasteiger partial charge in [0.15, 0.2) is 0 Å². The van der Waals surface area contributed by atoms with Crippen LogP contribution in [0.3, 0.4) is 0 Å². The van der Waals surface area contributed by atoms with Crippen molar-refractivity contribution in [1.82, 2.24) is 8.61 Å². The Morgan fingerprint density at radius 2 is 1.32 bits per heavy atom. The monoisotopic (exact) mass is 422 g/mol. The average molecular weight is 423 g/mol. The minimum atomic E-state index is -3.71. The molecule has 1 heterocycles. The summed E-state index contributed by atoms with van der Waals surface area (Å²) in [5.41, 5.74) is 0.883. The van der Waals surface area contributed by atoms with Gasteiger partial charge in [0.1, 0.15) is 0 Å². The van der Waals surface area contributed by atoms with Crippen molar-refractivity contribution in [2.24, 2.45) is 0 Å². The molecule has 0 atom stereocenters. The number of sulfonamides is 2. The molecular weight excluding hydrogens is 396 g/mol. The van der Waals surface area contributed by atoms with Crippen molar-refractivity contribution in [3.8, 4) is 0 Å². The molecule has 0 radical (unpaired) electrons. The van der Waals surface area contributed by atoms with Gasteiger partial charge >= 0.3 is 0 Å². The Hall–Kier alpha value is -1.74. The zero-order valence-corrected chi connectivity index (χ0v) is 17.6. The van der Waals surface area contributed by atoms with Crippen LogP contribution in [0, 0.1) is 0 Å². The van der Waals surface area contributed by atoms with Gasteiger partial charge in [-0.25, -0.2) is 16.8 Å². The van der Waals surface area contributed by atoms with Crippen LogP contribution in [0.5, 0.6) is 0 Å². The topological polar surface area (TPSA) is 74.8 Å². The maximum Gasteiger partial charge on any atom is 0.243 e. The van der Waals surface area contributed by atoms with Crippen LogP contribution in [0.4, 0.5) is 0 Å². The Kier molecular flexibility index (Phi) is 6.54. The fourth-order valence-corrected chi connectivity index (χ4v) is 6.00. The second-order valence-corrected chi connectivity index (χ2v) is 11.0. The molecule has 3 rings (SSSR count). The smallest absolute Gasteiger partial charge is 0.207 e. The lowest BCUT2D eigenvalue weighted by Gasteiger charge is -2.20. The van der Waals surface area contributed by atoms with Crippen LogP contribution >= 0.6 is 0 Å². The highest BCUT2D eigenvalue weighted by Crippen LogP contribution is 2.23. The van der Waals surface area contributed by atoms with E-state index < -0.39 is 20.0 Å². The maximum atomic E-state index is 12.8. The lowest BCUT2D eigenvalue weighted by Crippen LogP contribution is -2.32. The number of nitrogens with zero attached hydrogens (tertiary/aromatic N) is 2. The summed E-state index contributed by atoms with van der Waals surface area (Å²) < 4.78 is 54.1. The standard InChI is InChI=1S/C20H26N2O4S2/c1-21(17-18-9-5-4-6-10-18)27(23,24)19-11-13-20(14-12-19)28(25,26)22-15-7-2-3-8-16-22/h4-6,9-14H,2-3,7-8,15-17H2,1H3. The van der Waals surface area contributed by atoms with Crippen LogP contribution < -0.4 is 0 Å². The zero-order valence-electron chi connectivity index (χ0n) is 16.0. The first kappa shape index (κ1) is 21.0. The van der Waals surface area contributed by atoms with Gasteiger partial charge in [0.25, 0.3) is 0 Å². The van der Waals surface area contributed by atoms with Crippen molar-refractivity contribution in [1.29, 1.82) is 0 Å². The predicted molar refractivity (Wildman–Crippen MR) is 109 cm³/mol. The van der Waals surface area contributed by atoms with Gasteiger partial charge in [-0.2, -0.15) is 8.61 Å². The lowest BCUT2D eigenvalue weighted by molar-refractivity contribution is 0.423. The minimum absolute atomic E-state index is 0.0840. The van der Waals surface area contributed by atoms with Gasteiger partial charge in [0.05, 0.1) is 9.79 Å². The van der Waals surface area contributed by atoms with Crippen molar-refractivity contribution in [3.05, 3.63) is 60.2 Å². The van der Waals surface area contributed by atoms with Gasteiger partial charge in [-0.15, -0.1) is 0 Å².